The number of ether oxygens (including phenoxy) is 1. The number of hydrogen-bond donors (Lipinski definition) is 2. The van der Waals surface area contributed by atoms with Gasteiger partial charge in [0.2, 0.25) is 5.91 Å². The van der Waals surface area contributed by atoms with Crippen molar-refractivity contribution in [3.05, 3.63) is 29.3 Å². The van der Waals surface area contributed by atoms with Crippen LogP contribution < -0.4 is 10.1 Å². The lowest BCUT2D eigenvalue weighted by Gasteiger charge is -2.31. The Balaban J connectivity index is 2.23. The molecule has 1 saturated carbocycles. The quantitative estimate of drug-likeness (QED) is 0.804. The van der Waals surface area contributed by atoms with Gasteiger partial charge in [-0.2, -0.15) is 0 Å². The Morgan fingerprint density at radius 3 is 2.58 bits per heavy atom. The lowest BCUT2D eigenvalue weighted by molar-refractivity contribution is -0.127. The molecule has 24 heavy (non-hydrogen) atoms. The Morgan fingerprint density at radius 2 is 2.00 bits per heavy atom. The molecular weight excluding hydrogens is 302 g/mol. The second kappa shape index (κ2) is 7.56. The van der Waals surface area contributed by atoms with Gasteiger partial charge >= 0.3 is 0 Å². The van der Waals surface area contributed by atoms with Gasteiger partial charge in [0.25, 0.3) is 0 Å². The summed E-state index contributed by atoms with van der Waals surface area (Å²) in [5.74, 6) is 0.948. The van der Waals surface area contributed by atoms with E-state index in [9.17, 15) is 4.79 Å². The molecule has 2 N–H and O–H groups in total. The number of aliphatic hydroxyl groups excluding tert-OH is 1. The van der Waals surface area contributed by atoms with E-state index in [1.165, 1.54) is 0 Å². The first-order valence-electron chi connectivity index (χ1n) is 8.89. The molecule has 0 bridgehead atoms. The van der Waals surface area contributed by atoms with Crippen molar-refractivity contribution >= 4 is 5.91 Å². The largest absolute Gasteiger partial charge is 0.496 e. The summed E-state index contributed by atoms with van der Waals surface area (Å²) >= 11 is 0. The fraction of sp³-hybridized carbons (Fsp3) is 0.650. The highest BCUT2D eigenvalue weighted by atomic mass is 16.5. The molecule has 0 aromatic heterocycles. The monoisotopic (exact) mass is 333 g/mol. The van der Waals surface area contributed by atoms with Crippen molar-refractivity contribution in [1.29, 1.82) is 0 Å². The number of rotatable bonds is 7. The summed E-state index contributed by atoms with van der Waals surface area (Å²) in [6.45, 7) is 6.88. The van der Waals surface area contributed by atoms with Crippen LogP contribution in [0.1, 0.15) is 57.1 Å². The maximum Gasteiger partial charge on any atom is 0.230 e. The number of aliphatic hydroxyl groups is 1. The maximum atomic E-state index is 13.1. The van der Waals surface area contributed by atoms with E-state index in [0.29, 0.717) is 13.0 Å². The molecule has 0 heterocycles. The number of benzene rings is 1. The van der Waals surface area contributed by atoms with Crippen LogP contribution in [0.3, 0.4) is 0 Å². The SMILES string of the molecule is COc1cc(C2(C(=O)NCC(C)(C)CCO)CCCC2)ccc1C. The third kappa shape index (κ3) is 3.92. The topological polar surface area (TPSA) is 58.6 Å². The van der Waals surface area contributed by atoms with E-state index in [1.807, 2.05) is 19.1 Å². The van der Waals surface area contributed by atoms with Crippen molar-refractivity contribution < 1.29 is 14.6 Å². The first-order chi connectivity index (χ1) is 11.3. The normalized spacial score (nSPS) is 16.9. The molecule has 0 spiro atoms. The van der Waals surface area contributed by atoms with E-state index in [4.69, 9.17) is 9.84 Å². The molecule has 4 heteroatoms. The zero-order valence-electron chi connectivity index (χ0n) is 15.4. The van der Waals surface area contributed by atoms with E-state index in [0.717, 1.165) is 42.6 Å². The average Bonchev–Trinajstić information content (AvgIpc) is 3.04. The molecule has 134 valence electrons. The van der Waals surface area contributed by atoms with E-state index >= 15 is 0 Å². The van der Waals surface area contributed by atoms with Crippen LogP contribution in [0.5, 0.6) is 5.75 Å². The van der Waals surface area contributed by atoms with Crippen molar-refractivity contribution in [3.63, 3.8) is 0 Å². The zero-order valence-corrected chi connectivity index (χ0v) is 15.4. The highest BCUT2D eigenvalue weighted by Gasteiger charge is 2.43. The van der Waals surface area contributed by atoms with Gasteiger partial charge in [0.05, 0.1) is 12.5 Å². The van der Waals surface area contributed by atoms with Gasteiger partial charge in [0.15, 0.2) is 0 Å². The Hall–Kier alpha value is -1.55. The number of amides is 1. The van der Waals surface area contributed by atoms with Gasteiger partial charge in [0.1, 0.15) is 5.75 Å². The second-order valence-corrected chi connectivity index (χ2v) is 7.79. The summed E-state index contributed by atoms with van der Waals surface area (Å²) in [5.41, 5.74) is 1.59. The van der Waals surface area contributed by atoms with Crippen molar-refractivity contribution in [1.82, 2.24) is 5.32 Å². The molecule has 0 aliphatic heterocycles. The summed E-state index contributed by atoms with van der Waals surface area (Å²) < 4.78 is 5.46. The van der Waals surface area contributed by atoms with Crippen molar-refractivity contribution in [2.24, 2.45) is 5.41 Å². The number of methoxy groups -OCH3 is 1. The Kier molecular flexibility index (Phi) is 5.92. The lowest BCUT2D eigenvalue weighted by Crippen LogP contribution is -2.46. The number of aryl methyl sites for hydroxylation is 1. The Bertz CT molecular complexity index is 574. The molecule has 2 rings (SSSR count). The molecule has 1 aliphatic carbocycles. The van der Waals surface area contributed by atoms with Crippen molar-refractivity contribution in [2.75, 3.05) is 20.3 Å². The second-order valence-electron chi connectivity index (χ2n) is 7.79. The minimum atomic E-state index is -0.448. The number of hydrogen-bond acceptors (Lipinski definition) is 3. The highest BCUT2D eigenvalue weighted by Crippen LogP contribution is 2.43. The van der Waals surface area contributed by atoms with Crippen LogP contribution in [-0.4, -0.2) is 31.3 Å². The maximum absolute atomic E-state index is 13.1. The lowest BCUT2D eigenvalue weighted by atomic mass is 9.77. The van der Waals surface area contributed by atoms with Gasteiger partial charge in [0, 0.05) is 13.2 Å². The van der Waals surface area contributed by atoms with Gasteiger partial charge < -0.3 is 15.2 Å². The molecule has 1 aromatic rings. The van der Waals surface area contributed by atoms with Crippen molar-refractivity contribution in [2.45, 2.75) is 58.3 Å². The van der Waals surface area contributed by atoms with Crippen molar-refractivity contribution in [3.8, 4) is 5.75 Å². The van der Waals surface area contributed by atoms with Crippen LogP contribution in [0.25, 0.3) is 0 Å². The molecule has 0 atom stereocenters. The van der Waals surface area contributed by atoms with Crippen LogP contribution in [0.2, 0.25) is 0 Å². The van der Waals surface area contributed by atoms with Crippen LogP contribution in [0, 0.1) is 12.3 Å². The third-order valence-electron chi connectivity index (χ3n) is 5.37. The number of carbonyl (C=O) groups excluding carboxylic acids is 1. The summed E-state index contributed by atoms with van der Waals surface area (Å²) in [6.07, 6.45) is 4.59. The van der Waals surface area contributed by atoms with E-state index in [1.54, 1.807) is 7.11 Å². The molecule has 0 radical (unpaired) electrons. The Labute approximate surface area is 145 Å². The smallest absolute Gasteiger partial charge is 0.230 e. The van der Waals surface area contributed by atoms with E-state index in [-0.39, 0.29) is 17.9 Å². The fourth-order valence-corrected chi connectivity index (χ4v) is 3.62. The van der Waals surface area contributed by atoms with Crippen LogP contribution in [0.15, 0.2) is 18.2 Å². The van der Waals surface area contributed by atoms with Crippen LogP contribution in [0.4, 0.5) is 0 Å². The average molecular weight is 333 g/mol. The van der Waals surface area contributed by atoms with Gasteiger partial charge in [-0.15, -0.1) is 0 Å². The molecule has 1 aliphatic rings. The van der Waals surface area contributed by atoms with Crippen LogP contribution >= 0.6 is 0 Å². The molecule has 1 aromatic carbocycles. The molecule has 1 amide bonds. The minimum absolute atomic E-state index is 0.102. The highest BCUT2D eigenvalue weighted by molar-refractivity contribution is 5.88. The molecule has 0 saturated heterocycles. The Morgan fingerprint density at radius 1 is 1.33 bits per heavy atom. The van der Waals surface area contributed by atoms with Crippen LogP contribution in [-0.2, 0) is 10.2 Å². The van der Waals surface area contributed by atoms with Gasteiger partial charge in [-0.25, -0.2) is 0 Å². The molecule has 1 fully saturated rings. The molecule has 0 unspecified atom stereocenters. The number of carbonyl (C=O) groups is 1. The number of nitrogens with one attached hydrogen (secondary N) is 1. The van der Waals surface area contributed by atoms with E-state index < -0.39 is 5.41 Å². The predicted molar refractivity (Wildman–Crippen MR) is 96.4 cm³/mol. The molecular formula is C20H31NO3. The zero-order chi connectivity index (χ0) is 17.8. The van der Waals surface area contributed by atoms with Gasteiger partial charge in [-0.1, -0.05) is 38.8 Å². The molecule has 4 nitrogen and oxygen atoms in total. The summed E-state index contributed by atoms with van der Waals surface area (Å²) in [5, 5.41) is 12.3. The first-order valence-corrected chi connectivity index (χ1v) is 8.89. The van der Waals surface area contributed by atoms with Gasteiger partial charge in [-0.3, -0.25) is 4.79 Å². The predicted octanol–water partition coefficient (Wildman–Crippen LogP) is 3.34. The summed E-state index contributed by atoms with van der Waals surface area (Å²) in [7, 11) is 1.67. The first kappa shape index (κ1) is 18.8. The third-order valence-corrected chi connectivity index (χ3v) is 5.37. The van der Waals surface area contributed by atoms with E-state index in [2.05, 4.69) is 25.2 Å². The van der Waals surface area contributed by atoms with Gasteiger partial charge in [-0.05, 0) is 48.8 Å². The summed E-state index contributed by atoms with van der Waals surface area (Å²) in [4.78, 5) is 13.1. The standard InChI is InChI=1S/C20H31NO3/c1-15-7-8-16(13-17(15)24-4)20(9-5-6-10-20)18(23)21-14-19(2,3)11-12-22/h7-8,13,22H,5-6,9-12,14H2,1-4H3,(H,21,23). The minimum Gasteiger partial charge on any atom is -0.496 e. The fourth-order valence-electron chi connectivity index (χ4n) is 3.62. The summed E-state index contributed by atoms with van der Waals surface area (Å²) in [6, 6.07) is 6.14.